The van der Waals surface area contributed by atoms with Gasteiger partial charge >= 0.3 is 0 Å². The molecule has 6 fully saturated rings. The second kappa shape index (κ2) is 21.4. The number of aromatic nitrogens is 5. The zero-order valence-corrected chi connectivity index (χ0v) is 43.8. The van der Waals surface area contributed by atoms with Crippen LogP contribution in [0.15, 0.2) is 89.0 Å². The number of phenols is 1. The van der Waals surface area contributed by atoms with Crippen LogP contribution in [0, 0.1) is 12.8 Å². The Bertz CT molecular complexity index is 2970. The molecule has 75 heavy (non-hydrogen) atoms. The van der Waals surface area contributed by atoms with E-state index < -0.39 is 18.1 Å². The maximum atomic E-state index is 14.4. The predicted molar refractivity (Wildman–Crippen MR) is 287 cm³/mol. The maximum absolute atomic E-state index is 14.4. The van der Waals surface area contributed by atoms with E-state index in [9.17, 15) is 19.8 Å². The molecular formula is C56H67N11O7S. The van der Waals surface area contributed by atoms with E-state index in [0.29, 0.717) is 34.5 Å². The summed E-state index contributed by atoms with van der Waals surface area (Å²) in [6.07, 6.45) is 7.88. The number of nitrogens with zero attached hydrogens (tertiary/aromatic N) is 9. The average Bonchev–Trinajstić information content (AvgIpc) is 4.09. The number of thiazole rings is 1. The van der Waals surface area contributed by atoms with Crippen LogP contribution in [0.5, 0.6) is 11.6 Å². The molecule has 2 aromatic carbocycles. The maximum Gasteiger partial charge on any atom is 0.243 e. The summed E-state index contributed by atoms with van der Waals surface area (Å²) in [4.78, 5) is 46.9. The van der Waals surface area contributed by atoms with Crippen LogP contribution in [0.25, 0.3) is 21.7 Å². The van der Waals surface area contributed by atoms with Gasteiger partial charge in [0.25, 0.3) is 0 Å². The Morgan fingerprint density at radius 2 is 1.63 bits per heavy atom. The number of hydrogen-bond donors (Lipinski definition) is 4. The molecule has 12 rings (SSSR count). The third kappa shape index (κ3) is 10.6. The molecule has 4 aromatic heterocycles. The number of β-amino-alcohol motifs (C(OH)–C–C–N with tert-alkyl or cyclic N) is 1. The van der Waals surface area contributed by atoms with Gasteiger partial charge in [-0.1, -0.05) is 55.4 Å². The van der Waals surface area contributed by atoms with Gasteiger partial charge in [-0.25, -0.2) is 9.97 Å². The normalized spacial score (nSPS) is 23.8. The van der Waals surface area contributed by atoms with Crippen LogP contribution in [0.2, 0.25) is 0 Å². The summed E-state index contributed by atoms with van der Waals surface area (Å²) in [6.45, 7) is 11.0. The Balaban J connectivity index is 0.646. The molecule has 9 heterocycles. The van der Waals surface area contributed by atoms with Crippen LogP contribution < -0.4 is 30.5 Å². The number of carbonyl (C=O) groups is 2. The van der Waals surface area contributed by atoms with Crippen molar-refractivity contribution in [3.63, 3.8) is 0 Å². The Labute approximate surface area is 441 Å². The number of phenolic OH excluding ortho intramolecular Hbond substituents is 1. The van der Waals surface area contributed by atoms with Crippen LogP contribution in [-0.2, 0) is 14.3 Å². The number of hydrogen-bond acceptors (Lipinski definition) is 17. The lowest BCUT2D eigenvalue weighted by Gasteiger charge is -2.46. The number of amides is 2. The number of likely N-dealkylation sites (tertiary alicyclic amines) is 1. The van der Waals surface area contributed by atoms with Crippen LogP contribution in [0.4, 0.5) is 23.0 Å². The van der Waals surface area contributed by atoms with E-state index in [0.717, 1.165) is 104 Å². The zero-order chi connectivity index (χ0) is 51.9. The predicted octanol–water partition coefficient (Wildman–Crippen LogP) is 7.67. The first kappa shape index (κ1) is 50.3. The van der Waals surface area contributed by atoms with Crippen molar-refractivity contribution in [3.05, 3.63) is 102 Å². The minimum absolute atomic E-state index is 0.0270. The second-order valence-corrected chi connectivity index (χ2v) is 22.2. The van der Waals surface area contributed by atoms with Gasteiger partial charge in [-0.15, -0.1) is 21.5 Å². The van der Waals surface area contributed by atoms with Gasteiger partial charge in [-0.2, -0.15) is 0 Å². The molecule has 1 saturated carbocycles. The lowest BCUT2D eigenvalue weighted by molar-refractivity contribution is -0.141. The molecule has 18 nitrogen and oxygen atoms in total. The van der Waals surface area contributed by atoms with Crippen LogP contribution in [0.1, 0.15) is 101 Å². The fourth-order valence-corrected chi connectivity index (χ4v) is 12.6. The fourth-order valence-electron chi connectivity index (χ4n) is 11.8. The lowest BCUT2D eigenvalue weighted by Crippen LogP contribution is -2.57. The van der Waals surface area contributed by atoms with Crippen molar-refractivity contribution >= 4 is 46.2 Å². The number of pyridine rings is 1. The molecule has 1 aliphatic carbocycles. The van der Waals surface area contributed by atoms with Gasteiger partial charge in [0.2, 0.25) is 17.7 Å². The number of piperidine rings is 1. The van der Waals surface area contributed by atoms with E-state index in [2.05, 4.69) is 57.5 Å². The first-order valence-corrected chi connectivity index (χ1v) is 27.4. The number of nitrogens with two attached hydrogens (primary N) is 1. The van der Waals surface area contributed by atoms with Gasteiger partial charge in [0.15, 0.2) is 17.4 Å². The summed E-state index contributed by atoms with van der Waals surface area (Å²) >= 11 is 1.59. The van der Waals surface area contributed by atoms with E-state index in [1.165, 1.54) is 4.90 Å². The van der Waals surface area contributed by atoms with Crippen molar-refractivity contribution in [1.82, 2.24) is 35.5 Å². The number of aryl methyl sites for hydroxylation is 1. The molecule has 5 aliphatic heterocycles. The molecule has 2 unspecified atom stereocenters. The summed E-state index contributed by atoms with van der Waals surface area (Å²) in [5, 5.41) is 37.5. The number of aliphatic hydroxyl groups excluding tert-OH is 1. The SMILES string of the molecule is Cc1ncsc1-c1ccc([C@H](C)NC(=O)[C@@H]2C[C@@H](O)CN2C(=O)[C@H](c2cc(N3CCC(OC4CC(Oc5cc(N6CC7CCCC6CN7c6cc(-c7ccccc7O)nnc6N)ccn5)C4)CC3)no2)C(C)C)cc1. The molecule has 19 heteroatoms. The monoisotopic (exact) mass is 1040 g/mol. The quantitative estimate of drug-likeness (QED) is 0.0775. The first-order valence-electron chi connectivity index (χ1n) is 26.6. The molecule has 0 radical (unpaired) electrons. The number of fused-ring (bicyclic) bond motifs is 4. The smallest absolute Gasteiger partial charge is 0.243 e. The molecule has 2 bridgehead atoms. The van der Waals surface area contributed by atoms with Crippen molar-refractivity contribution in [2.24, 2.45) is 5.92 Å². The highest BCUT2D eigenvalue weighted by Gasteiger charge is 2.44. The van der Waals surface area contributed by atoms with Crippen molar-refractivity contribution in [3.8, 4) is 33.3 Å². The number of aromatic hydroxyl groups is 1. The summed E-state index contributed by atoms with van der Waals surface area (Å²) < 4.78 is 19.0. The Morgan fingerprint density at radius 1 is 0.867 bits per heavy atom. The molecule has 2 amide bonds. The van der Waals surface area contributed by atoms with Crippen LogP contribution >= 0.6 is 11.3 Å². The van der Waals surface area contributed by atoms with Crippen molar-refractivity contribution in [2.75, 3.05) is 53.2 Å². The zero-order valence-electron chi connectivity index (χ0n) is 43.0. The number of carbonyl (C=O) groups excluding carboxylic acids is 2. The highest BCUT2D eigenvalue weighted by Crippen LogP contribution is 2.40. The van der Waals surface area contributed by atoms with E-state index in [1.807, 2.05) is 87.9 Å². The number of nitrogen functional groups attached to an aromatic ring is 1. The van der Waals surface area contributed by atoms with E-state index in [-0.39, 0.29) is 72.9 Å². The minimum Gasteiger partial charge on any atom is -0.507 e. The highest BCUT2D eigenvalue weighted by molar-refractivity contribution is 7.13. The number of aliphatic hydroxyl groups is 1. The molecule has 5 N–H and O–H groups in total. The number of piperazine rings is 1. The van der Waals surface area contributed by atoms with Gasteiger partial charge in [-0.05, 0) is 87.3 Å². The molecule has 6 aliphatic rings. The van der Waals surface area contributed by atoms with Gasteiger partial charge in [0, 0.05) is 93.7 Å². The largest absolute Gasteiger partial charge is 0.507 e. The van der Waals surface area contributed by atoms with Crippen molar-refractivity contribution in [2.45, 2.75) is 134 Å². The Kier molecular flexibility index (Phi) is 14.4. The number of ether oxygens (including phenoxy) is 2. The average molecular weight is 1040 g/mol. The number of rotatable bonds is 15. The fraction of sp³-hybridized carbons (Fsp3) is 0.482. The molecule has 5 saturated heterocycles. The summed E-state index contributed by atoms with van der Waals surface area (Å²) in [5.41, 5.74) is 14.5. The summed E-state index contributed by atoms with van der Waals surface area (Å²) in [6, 6.07) is 22.6. The lowest BCUT2D eigenvalue weighted by atomic mass is 9.91. The van der Waals surface area contributed by atoms with Gasteiger partial charge in [-0.3, -0.25) is 9.59 Å². The standard InChI is InChI=1S/C56H67N11O7S/c1-32(2)52(56(71)67-30-40(68)23-47(67)55(70)60-33(3)35-12-14-36(15-13-35)53-34(4)59-31-75-53)49-27-50(63-74-49)64-20-17-41(18-21-64)72-42-24-43(25-42)73-51-22-37(16-19-58-51)65-28-39-9-7-8-38(65)29-66(39)46-26-45(61-62-54(46)57)44-10-5-6-11-48(44)69/h5-6,10-16,19,22,26-27,31-33,38-43,47,52,68-69H,7-9,17-18,20-21,23-25,28-30H2,1-4H3,(H2,57,62)(H,60,70)/t33-,38?,39?,40+,42?,43?,47-,52-/m0/s1. The van der Waals surface area contributed by atoms with E-state index >= 15 is 0 Å². The Hall–Kier alpha value is -6.83. The van der Waals surface area contributed by atoms with Gasteiger partial charge in [0.1, 0.15) is 23.8 Å². The van der Waals surface area contributed by atoms with Crippen molar-refractivity contribution in [1.29, 1.82) is 0 Å². The molecule has 6 aromatic rings. The number of para-hydroxylation sites is 1. The topological polar surface area (TPSA) is 222 Å². The molecule has 394 valence electrons. The van der Waals surface area contributed by atoms with Crippen molar-refractivity contribution < 1.29 is 33.8 Å². The number of benzene rings is 2. The third-order valence-electron chi connectivity index (χ3n) is 16.0. The van der Waals surface area contributed by atoms with Crippen LogP contribution in [0.3, 0.4) is 0 Å². The number of nitrogens with one attached hydrogen (secondary N) is 1. The van der Waals surface area contributed by atoms with E-state index in [1.54, 1.807) is 23.5 Å². The van der Waals surface area contributed by atoms with E-state index in [4.69, 9.17) is 19.7 Å². The minimum atomic E-state index is -0.817. The second-order valence-electron chi connectivity index (χ2n) is 21.4. The van der Waals surface area contributed by atoms with Crippen LogP contribution in [-0.4, -0.2) is 128 Å². The number of anilines is 4. The summed E-state index contributed by atoms with van der Waals surface area (Å²) in [7, 11) is 0. The van der Waals surface area contributed by atoms with Gasteiger partial charge in [0.05, 0.1) is 51.8 Å². The summed E-state index contributed by atoms with van der Waals surface area (Å²) in [5.74, 6) is 0.903. The third-order valence-corrected chi connectivity index (χ3v) is 17.0. The molecule has 0 spiro atoms. The first-order chi connectivity index (χ1) is 36.3. The van der Waals surface area contributed by atoms with Gasteiger partial charge < -0.3 is 54.9 Å². The highest BCUT2D eigenvalue weighted by atomic mass is 32.1. The molecular weight excluding hydrogens is 971 g/mol. The Morgan fingerprint density at radius 3 is 2.37 bits per heavy atom. The molecule has 6 atom stereocenters.